The van der Waals surface area contributed by atoms with Crippen LogP contribution in [0.3, 0.4) is 0 Å². The number of aromatic hydroxyl groups is 1. The number of halogens is 2. The molecule has 200 valence electrons. The number of amides is 1. The molecule has 1 saturated heterocycles. The minimum Gasteiger partial charge on any atom is -0.505 e. The van der Waals surface area contributed by atoms with E-state index < -0.39 is 6.09 Å². The number of nitrogens with zero attached hydrogens (tertiary/aromatic N) is 4. The zero-order valence-electron chi connectivity index (χ0n) is 21.2. The number of carboxylic acid groups (broad SMARTS) is 1. The van der Waals surface area contributed by atoms with E-state index in [4.69, 9.17) is 23.2 Å². The van der Waals surface area contributed by atoms with Gasteiger partial charge in [-0.3, -0.25) is 9.78 Å². The van der Waals surface area contributed by atoms with Crippen molar-refractivity contribution >= 4 is 63.2 Å². The van der Waals surface area contributed by atoms with Crippen LogP contribution in [0, 0.1) is 0 Å². The molecule has 1 aliphatic rings. The van der Waals surface area contributed by atoms with Crippen molar-refractivity contribution in [3.63, 3.8) is 0 Å². The molecule has 1 fully saturated rings. The van der Waals surface area contributed by atoms with E-state index in [-0.39, 0.29) is 27.6 Å². The highest BCUT2D eigenvalue weighted by Gasteiger charge is 2.29. The molecule has 11 heteroatoms. The lowest BCUT2D eigenvalue weighted by Gasteiger charge is -2.22. The monoisotopic (exact) mass is 565 g/mol. The Morgan fingerprint density at radius 2 is 1.79 bits per heavy atom. The predicted octanol–water partition coefficient (Wildman–Crippen LogP) is 6.44. The van der Waals surface area contributed by atoms with E-state index >= 15 is 0 Å². The number of fused-ring (bicyclic) bond motifs is 1. The molecule has 4 aromatic rings. The fourth-order valence-corrected chi connectivity index (χ4v) is 5.21. The maximum absolute atomic E-state index is 12.5. The van der Waals surface area contributed by atoms with Crippen LogP contribution in [0.2, 0.25) is 10.0 Å². The number of phenols is 1. The number of carbonyl (C=O) groups excluding carboxylic acids is 1. The lowest BCUT2D eigenvalue weighted by molar-refractivity contribution is 0.101. The molecular formula is C28H25Cl2N5O4. The second-order valence-electron chi connectivity index (χ2n) is 9.44. The first kappa shape index (κ1) is 26.5. The largest absolute Gasteiger partial charge is 0.505 e. The summed E-state index contributed by atoms with van der Waals surface area (Å²) in [6, 6.07) is 12.5. The van der Waals surface area contributed by atoms with Gasteiger partial charge in [-0.1, -0.05) is 29.3 Å². The van der Waals surface area contributed by atoms with E-state index in [1.54, 1.807) is 31.6 Å². The number of nitrogens with one attached hydrogen (secondary N) is 1. The molecule has 0 saturated carbocycles. The lowest BCUT2D eigenvalue weighted by atomic mass is 10.00. The molecular weight excluding hydrogens is 541 g/mol. The summed E-state index contributed by atoms with van der Waals surface area (Å²) in [5.41, 5.74) is 3.84. The number of pyridine rings is 2. The first-order valence-corrected chi connectivity index (χ1v) is 12.9. The Balaban J connectivity index is 1.47. The quantitative estimate of drug-likeness (QED) is 0.228. The molecule has 5 rings (SSSR count). The molecule has 0 bridgehead atoms. The zero-order valence-corrected chi connectivity index (χ0v) is 22.7. The van der Waals surface area contributed by atoms with Crippen LogP contribution in [0.15, 0.2) is 54.9 Å². The van der Waals surface area contributed by atoms with E-state index in [1.165, 1.54) is 11.8 Å². The molecule has 0 aliphatic carbocycles. The van der Waals surface area contributed by atoms with Gasteiger partial charge in [0.05, 0.1) is 44.7 Å². The highest BCUT2D eigenvalue weighted by molar-refractivity contribution is 6.37. The van der Waals surface area contributed by atoms with Crippen LogP contribution < -0.4 is 10.2 Å². The fraction of sp³-hybridized carbons (Fsp3) is 0.214. The first-order valence-electron chi connectivity index (χ1n) is 12.2. The SMILES string of the molecule is CC(=O)c1cnc2ccc(-c3cc(Cl)c(O)c(Cl)c3)cc2c1Nc1ccc(N2CCC(N(C)C(=O)O)C2)nc1. The van der Waals surface area contributed by atoms with Crippen LogP contribution in [0.25, 0.3) is 22.0 Å². The summed E-state index contributed by atoms with van der Waals surface area (Å²) in [6.45, 7) is 2.76. The summed E-state index contributed by atoms with van der Waals surface area (Å²) in [7, 11) is 1.58. The Hall–Kier alpha value is -4.08. The third kappa shape index (κ3) is 5.28. The Labute approximate surface area is 234 Å². The Morgan fingerprint density at radius 1 is 1.05 bits per heavy atom. The summed E-state index contributed by atoms with van der Waals surface area (Å²) < 4.78 is 0. The Kier molecular flexibility index (Phi) is 7.20. The predicted molar refractivity (Wildman–Crippen MR) is 153 cm³/mol. The summed E-state index contributed by atoms with van der Waals surface area (Å²) in [5, 5.41) is 23.5. The van der Waals surface area contributed by atoms with Crippen molar-refractivity contribution in [3.8, 4) is 16.9 Å². The van der Waals surface area contributed by atoms with Gasteiger partial charge < -0.3 is 25.3 Å². The summed E-state index contributed by atoms with van der Waals surface area (Å²) in [6.07, 6.45) is 3.02. The smallest absolute Gasteiger partial charge is 0.407 e. The van der Waals surface area contributed by atoms with Gasteiger partial charge >= 0.3 is 6.09 Å². The van der Waals surface area contributed by atoms with Crippen molar-refractivity contribution in [3.05, 3.63) is 70.5 Å². The minimum absolute atomic E-state index is 0.0871. The molecule has 1 atom stereocenters. The first-order chi connectivity index (χ1) is 18.6. The number of hydrogen-bond donors (Lipinski definition) is 3. The van der Waals surface area contributed by atoms with Gasteiger partial charge in [0.2, 0.25) is 0 Å². The van der Waals surface area contributed by atoms with Crippen LogP contribution in [-0.4, -0.2) is 63.1 Å². The van der Waals surface area contributed by atoms with Crippen molar-refractivity contribution in [2.75, 3.05) is 30.4 Å². The zero-order chi connectivity index (χ0) is 27.8. The van der Waals surface area contributed by atoms with Gasteiger partial charge in [0.1, 0.15) is 5.82 Å². The van der Waals surface area contributed by atoms with Gasteiger partial charge in [0.15, 0.2) is 11.5 Å². The molecule has 0 radical (unpaired) electrons. The number of carbonyl (C=O) groups is 2. The topological polar surface area (TPSA) is 119 Å². The molecule has 39 heavy (non-hydrogen) atoms. The number of anilines is 3. The number of benzene rings is 2. The van der Waals surface area contributed by atoms with Crippen molar-refractivity contribution in [1.82, 2.24) is 14.9 Å². The van der Waals surface area contributed by atoms with E-state index in [2.05, 4.69) is 20.2 Å². The number of phenolic OH excluding ortho intramolecular Hbond substituents is 1. The maximum atomic E-state index is 12.5. The van der Waals surface area contributed by atoms with Crippen LogP contribution in [0.4, 0.5) is 22.0 Å². The van der Waals surface area contributed by atoms with Gasteiger partial charge in [0.25, 0.3) is 0 Å². The molecule has 1 aliphatic heterocycles. The number of rotatable bonds is 6. The van der Waals surface area contributed by atoms with Crippen molar-refractivity contribution < 1.29 is 19.8 Å². The number of likely N-dealkylation sites (N-methyl/N-ethyl adjacent to an activating group) is 1. The van der Waals surface area contributed by atoms with E-state index in [0.29, 0.717) is 46.5 Å². The highest BCUT2D eigenvalue weighted by atomic mass is 35.5. The second-order valence-corrected chi connectivity index (χ2v) is 10.2. The Morgan fingerprint density at radius 3 is 2.44 bits per heavy atom. The molecule has 1 amide bonds. The number of aromatic nitrogens is 2. The number of ketones is 1. The molecule has 1 unspecified atom stereocenters. The third-order valence-electron chi connectivity index (χ3n) is 6.95. The van der Waals surface area contributed by atoms with Crippen molar-refractivity contribution in [2.45, 2.75) is 19.4 Å². The molecule has 2 aromatic carbocycles. The number of Topliss-reactive ketones (excluding diaryl/α,β-unsaturated/α-hetero) is 1. The molecule has 3 heterocycles. The fourth-order valence-electron chi connectivity index (χ4n) is 4.72. The second kappa shape index (κ2) is 10.6. The maximum Gasteiger partial charge on any atom is 0.407 e. The molecule has 9 nitrogen and oxygen atoms in total. The number of hydrogen-bond acceptors (Lipinski definition) is 7. The van der Waals surface area contributed by atoms with Crippen LogP contribution in [0.5, 0.6) is 5.75 Å². The molecule has 3 N–H and O–H groups in total. The van der Waals surface area contributed by atoms with Gasteiger partial charge in [-0.15, -0.1) is 0 Å². The van der Waals surface area contributed by atoms with Crippen molar-refractivity contribution in [1.29, 1.82) is 0 Å². The average molecular weight is 566 g/mol. The Bertz CT molecular complexity index is 1570. The minimum atomic E-state index is -0.944. The van der Waals surface area contributed by atoms with E-state index in [9.17, 15) is 19.8 Å². The standard InChI is InChI=1S/C28H25Cl2N5O4/c1-15(36)21-13-31-24-5-3-16(17-10-22(29)27(37)23(30)11-17)9-20(24)26(21)33-18-4-6-25(32-12-18)35-8-7-19(14-35)34(2)28(38)39/h3-6,9-13,19,37H,7-8,14H2,1-2H3,(H,31,33)(H,38,39). The van der Waals surface area contributed by atoms with Gasteiger partial charge in [-0.05, 0) is 60.9 Å². The van der Waals surface area contributed by atoms with Crippen molar-refractivity contribution in [2.24, 2.45) is 0 Å². The average Bonchev–Trinajstić information content (AvgIpc) is 3.41. The van der Waals surface area contributed by atoms with Crippen LogP contribution in [0.1, 0.15) is 23.7 Å². The van der Waals surface area contributed by atoms with Crippen LogP contribution >= 0.6 is 23.2 Å². The normalized spacial score (nSPS) is 15.0. The van der Waals surface area contributed by atoms with Gasteiger partial charge in [0, 0.05) is 31.7 Å². The van der Waals surface area contributed by atoms with E-state index in [0.717, 1.165) is 17.8 Å². The third-order valence-corrected chi connectivity index (χ3v) is 7.53. The van der Waals surface area contributed by atoms with E-state index in [1.807, 2.05) is 30.3 Å². The lowest BCUT2D eigenvalue weighted by Crippen LogP contribution is -2.38. The van der Waals surface area contributed by atoms with Gasteiger partial charge in [-0.2, -0.15) is 0 Å². The molecule has 0 spiro atoms. The highest BCUT2D eigenvalue weighted by Crippen LogP contribution is 2.38. The van der Waals surface area contributed by atoms with Gasteiger partial charge in [-0.25, -0.2) is 9.78 Å². The summed E-state index contributed by atoms with van der Waals surface area (Å²) in [4.78, 5) is 36.3. The molecule has 2 aromatic heterocycles. The summed E-state index contributed by atoms with van der Waals surface area (Å²) in [5.74, 6) is 0.417. The summed E-state index contributed by atoms with van der Waals surface area (Å²) >= 11 is 12.3. The van der Waals surface area contributed by atoms with Crippen LogP contribution in [-0.2, 0) is 0 Å².